The number of rotatable bonds is 4. The zero-order valence-corrected chi connectivity index (χ0v) is 11.4. The first-order valence-corrected chi connectivity index (χ1v) is 6.75. The molecule has 0 aromatic heterocycles. The van der Waals surface area contributed by atoms with E-state index < -0.39 is 0 Å². The molecule has 0 aliphatic heterocycles. The molecule has 1 fully saturated rings. The highest BCUT2D eigenvalue weighted by Gasteiger charge is 2.32. The van der Waals surface area contributed by atoms with E-state index in [2.05, 4.69) is 20.8 Å². The number of hydrogen-bond donors (Lipinski definition) is 1. The van der Waals surface area contributed by atoms with E-state index in [1.807, 2.05) is 6.92 Å². The molecule has 1 rings (SSSR count). The molecule has 1 aliphatic rings. The summed E-state index contributed by atoms with van der Waals surface area (Å²) in [6.45, 7) is 10.6. The Morgan fingerprint density at radius 1 is 1.12 bits per heavy atom. The predicted octanol–water partition coefficient (Wildman–Crippen LogP) is 3.23. The van der Waals surface area contributed by atoms with Crippen LogP contribution in [0.25, 0.3) is 0 Å². The second-order valence-electron chi connectivity index (χ2n) is 5.95. The smallest absolute Gasteiger partial charge is 0.0807 e. The highest BCUT2D eigenvalue weighted by molar-refractivity contribution is 4.82. The highest BCUT2D eigenvalue weighted by Crippen LogP contribution is 2.35. The Kier molecular flexibility index (Phi) is 5.26. The van der Waals surface area contributed by atoms with Crippen LogP contribution in [0.15, 0.2) is 0 Å². The van der Waals surface area contributed by atoms with Crippen LogP contribution in [0.2, 0.25) is 0 Å². The van der Waals surface area contributed by atoms with Crippen LogP contribution in [-0.4, -0.2) is 23.4 Å². The van der Waals surface area contributed by atoms with Gasteiger partial charge in [-0.3, -0.25) is 0 Å². The third-order valence-corrected chi connectivity index (χ3v) is 4.03. The maximum absolute atomic E-state index is 9.52. The topological polar surface area (TPSA) is 29.5 Å². The highest BCUT2D eigenvalue weighted by atomic mass is 16.5. The second kappa shape index (κ2) is 6.02. The van der Waals surface area contributed by atoms with Gasteiger partial charge in [-0.2, -0.15) is 0 Å². The Hall–Kier alpha value is -0.0800. The summed E-state index contributed by atoms with van der Waals surface area (Å²) in [5, 5.41) is 9.52. The monoisotopic (exact) mass is 228 g/mol. The van der Waals surface area contributed by atoms with Crippen LogP contribution >= 0.6 is 0 Å². The van der Waals surface area contributed by atoms with Gasteiger partial charge in [0.15, 0.2) is 0 Å². The van der Waals surface area contributed by atoms with Crippen molar-refractivity contribution in [1.29, 1.82) is 0 Å². The van der Waals surface area contributed by atoms with E-state index >= 15 is 0 Å². The molecule has 0 aromatic rings. The minimum Gasteiger partial charge on any atom is -0.391 e. The van der Waals surface area contributed by atoms with Gasteiger partial charge in [-0.15, -0.1) is 0 Å². The average Bonchev–Trinajstić information content (AvgIpc) is 2.16. The van der Waals surface area contributed by atoms with Gasteiger partial charge in [-0.05, 0) is 44.4 Å². The molecule has 1 N–H and O–H groups in total. The third-order valence-electron chi connectivity index (χ3n) is 4.03. The summed E-state index contributed by atoms with van der Waals surface area (Å²) >= 11 is 0. The fraction of sp³-hybridized carbons (Fsp3) is 1.00. The summed E-state index contributed by atoms with van der Waals surface area (Å²) in [5.41, 5.74) is 0. The first kappa shape index (κ1) is 14.0. The van der Waals surface area contributed by atoms with Gasteiger partial charge in [-0.1, -0.05) is 27.2 Å². The molecule has 1 aliphatic carbocycles. The van der Waals surface area contributed by atoms with E-state index in [0.717, 1.165) is 12.3 Å². The molecule has 0 aromatic carbocycles. The number of ether oxygens (including phenoxy) is 1. The lowest BCUT2D eigenvalue weighted by molar-refractivity contribution is -0.108. The molecule has 96 valence electrons. The van der Waals surface area contributed by atoms with Crippen LogP contribution < -0.4 is 0 Å². The van der Waals surface area contributed by atoms with Gasteiger partial charge in [0.25, 0.3) is 0 Å². The SMILES string of the molecule is CC1CCC(C(C)C)C(OC(C)C(C)O)C1. The zero-order valence-electron chi connectivity index (χ0n) is 11.4. The van der Waals surface area contributed by atoms with Crippen LogP contribution in [0.3, 0.4) is 0 Å². The maximum atomic E-state index is 9.52. The first-order valence-electron chi connectivity index (χ1n) is 6.75. The van der Waals surface area contributed by atoms with Crippen LogP contribution in [0.4, 0.5) is 0 Å². The van der Waals surface area contributed by atoms with Crippen molar-refractivity contribution in [2.24, 2.45) is 17.8 Å². The fourth-order valence-corrected chi connectivity index (χ4v) is 2.66. The Labute approximate surface area is 100 Å². The second-order valence-corrected chi connectivity index (χ2v) is 5.95. The lowest BCUT2D eigenvalue weighted by Crippen LogP contribution is -2.38. The number of hydrogen-bond acceptors (Lipinski definition) is 2. The van der Waals surface area contributed by atoms with E-state index in [1.165, 1.54) is 12.8 Å². The minimum absolute atomic E-state index is 0.0449. The molecule has 0 amide bonds. The fourth-order valence-electron chi connectivity index (χ4n) is 2.66. The van der Waals surface area contributed by atoms with Crippen molar-refractivity contribution < 1.29 is 9.84 Å². The van der Waals surface area contributed by atoms with E-state index in [1.54, 1.807) is 6.92 Å². The first-order chi connectivity index (χ1) is 7.41. The molecule has 0 heterocycles. The Balaban J connectivity index is 2.57. The quantitative estimate of drug-likeness (QED) is 0.800. The molecule has 2 heteroatoms. The molecule has 0 bridgehead atoms. The summed E-state index contributed by atoms with van der Waals surface area (Å²) in [6, 6.07) is 0. The summed E-state index contributed by atoms with van der Waals surface area (Å²) < 4.78 is 6.05. The normalized spacial score (nSPS) is 35.1. The standard InChI is InChI=1S/C14H28O2/c1-9(2)13-7-6-10(3)8-14(13)16-12(5)11(4)15/h9-15H,6-8H2,1-5H3. The van der Waals surface area contributed by atoms with Crippen LogP contribution in [0, 0.1) is 17.8 Å². The molecule has 1 saturated carbocycles. The summed E-state index contributed by atoms with van der Waals surface area (Å²) in [6.07, 6.45) is 3.68. The van der Waals surface area contributed by atoms with Crippen molar-refractivity contribution in [1.82, 2.24) is 0 Å². The van der Waals surface area contributed by atoms with Crippen LogP contribution in [-0.2, 0) is 4.74 Å². The Morgan fingerprint density at radius 2 is 1.75 bits per heavy atom. The minimum atomic E-state index is -0.370. The lowest BCUT2D eigenvalue weighted by Gasteiger charge is -2.39. The van der Waals surface area contributed by atoms with E-state index in [9.17, 15) is 5.11 Å². The molecule has 5 atom stereocenters. The van der Waals surface area contributed by atoms with Crippen molar-refractivity contribution in [3.05, 3.63) is 0 Å². The van der Waals surface area contributed by atoms with Gasteiger partial charge < -0.3 is 9.84 Å². The molecule has 16 heavy (non-hydrogen) atoms. The number of aliphatic hydroxyl groups is 1. The van der Waals surface area contributed by atoms with Gasteiger partial charge in [0.2, 0.25) is 0 Å². The van der Waals surface area contributed by atoms with Gasteiger partial charge in [0.1, 0.15) is 0 Å². The molecule has 0 saturated heterocycles. The van der Waals surface area contributed by atoms with Crippen molar-refractivity contribution in [3.8, 4) is 0 Å². The van der Waals surface area contributed by atoms with Gasteiger partial charge in [0.05, 0.1) is 18.3 Å². The van der Waals surface area contributed by atoms with Gasteiger partial charge in [0, 0.05) is 0 Å². The van der Waals surface area contributed by atoms with E-state index in [0.29, 0.717) is 17.9 Å². The van der Waals surface area contributed by atoms with E-state index in [4.69, 9.17) is 4.74 Å². The Bertz CT molecular complexity index is 201. The van der Waals surface area contributed by atoms with E-state index in [-0.39, 0.29) is 12.2 Å². The molecular formula is C14H28O2. The molecule has 2 nitrogen and oxygen atoms in total. The van der Waals surface area contributed by atoms with Crippen molar-refractivity contribution in [3.63, 3.8) is 0 Å². The van der Waals surface area contributed by atoms with Gasteiger partial charge >= 0.3 is 0 Å². The molecular weight excluding hydrogens is 200 g/mol. The molecule has 5 unspecified atom stereocenters. The number of aliphatic hydroxyl groups excluding tert-OH is 1. The summed E-state index contributed by atoms with van der Waals surface area (Å²) in [4.78, 5) is 0. The van der Waals surface area contributed by atoms with Crippen molar-refractivity contribution in [2.45, 2.75) is 72.2 Å². The lowest BCUT2D eigenvalue weighted by atomic mass is 9.75. The zero-order chi connectivity index (χ0) is 12.3. The third kappa shape index (κ3) is 3.74. The van der Waals surface area contributed by atoms with Crippen molar-refractivity contribution >= 4 is 0 Å². The van der Waals surface area contributed by atoms with Crippen LogP contribution in [0.5, 0.6) is 0 Å². The molecule has 0 radical (unpaired) electrons. The van der Waals surface area contributed by atoms with Crippen molar-refractivity contribution in [2.75, 3.05) is 0 Å². The molecule has 0 spiro atoms. The van der Waals surface area contributed by atoms with Gasteiger partial charge in [-0.25, -0.2) is 0 Å². The Morgan fingerprint density at radius 3 is 2.25 bits per heavy atom. The average molecular weight is 228 g/mol. The summed E-state index contributed by atoms with van der Waals surface area (Å²) in [5.74, 6) is 2.11. The summed E-state index contributed by atoms with van der Waals surface area (Å²) in [7, 11) is 0. The maximum Gasteiger partial charge on any atom is 0.0807 e. The predicted molar refractivity (Wildman–Crippen MR) is 67.4 cm³/mol. The largest absolute Gasteiger partial charge is 0.391 e. The van der Waals surface area contributed by atoms with Crippen LogP contribution in [0.1, 0.15) is 53.9 Å².